The molecule has 0 atom stereocenters. The molecule has 0 saturated carbocycles. The fraction of sp³-hybridized carbons (Fsp3) is 0.0370. The first-order valence-electron chi connectivity index (χ1n) is 9.48. The molecule has 4 aromatic rings. The Hall–Kier alpha value is -3.23. The summed E-state index contributed by atoms with van der Waals surface area (Å²) in [4.78, 5) is 0. The van der Waals surface area contributed by atoms with E-state index in [1.54, 1.807) is 0 Å². The van der Waals surface area contributed by atoms with Crippen molar-refractivity contribution in [2.75, 3.05) is 11.5 Å². The monoisotopic (exact) mass is 504 g/mol. The third kappa shape index (κ3) is 9.81. The van der Waals surface area contributed by atoms with Crippen molar-refractivity contribution in [3.05, 3.63) is 129 Å². The van der Waals surface area contributed by atoms with Crippen molar-refractivity contribution < 1.29 is 0 Å². The molecule has 4 N–H and O–H groups in total. The quantitative estimate of drug-likeness (QED) is 0.162. The van der Waals surface area contributed by atoms with E-state index in [4.69, 9.17) is 11.5 Å². The van der Waals surface area contributed by atoms with Crippen LogP contribution in [-0.4, -0.2) is 0 Å². The van der Waals surface area contributed by atoms with Gasteiger partial charge in [-0.2, -0.15) is 0 Å². The van der Waals surface area contributed by atoms with Gasteiger partial charge in [-0.25, -0.2) is 0 Å². The van der Waals surface area contributed by atoms with Crippen LogP contribution in [0.15, 0.2) is 109 Å². The molecule has 0 aliphatic carbocycles. The smallest absolute Gasteiger partial charge is 0.0314 e. The molecule has 0 spiro atoms. The summed E-state index contributed by atoms with van der Waals surface area (Å²) in [6, 6.07) is 35.5. The summed E-state index contributed by atoms with van der Waals surface area (Å²) in [6.45, 7) is 2.08. The van der Waals surface area contributed by atoms with Gasteiger partial charge in [0.2, 0.25) is 0 Å². The second-order valence-electron chi connectivity index (χ2n) is 6.44. The Morgan fingerprint density at radius 2 is 0.933 bits per heavy atom. The maximum absolute atomic E-state index is 5.59. The third-order valence-corrected chi connectivity index (χ3v) is 4.57. The van der Waals surface area contributed by atoms with E-state index in [0.29, 0.717) is 0 Å². The van der Waals surface area contributed by atoms with Gasteiger partial charge in [-0.05, 0) is 90.2 Å². The average Bonchev–Trinajstić information content (AvgIpc) is 2.78. The SMILES string of the molecule is Cc1ccccc1.Nc1ccc(C#Cc2ccccc2)cc1.Nc1ccc(I)cc1. The van der Waals surface area contributed by atoms with E-state index in [2.05, 4.69) is 53.5 Å². The summed E-state index contributed by atoms with van der Waals surface area (Å²) in [5.74, 6) is 6.17. The Bertz CT molecular complexity index is 1030. The number of halogens is 1. The predicted octanol–water partition coefficient (Wildman–Crippen LogP) is 6.54. The highest BCUT2D eigenvalue weighted by Crippen LogP contribution is 2.06. The Morgan fingerprint density at radius 1 is 0.533 bits per heavy atom. The highest BCUT2D eigenvalue weighted by molar-refractivity contribution is 14.1. The van der Waals surface area contributed by atoms with Gasteiger partial charge in [0.15, 0.2) is 0 Å². The minimum atomic E-state index is 0.764. The van der Waals surface area contributed by atoms with Crippen molar-refractivity contribution >= 4 is 34.0 Å². The minimum Gasteiger partial charge on any atom is -0.399 e. The summed E-state index contributed by atoms with van der Waals surface area (Å²) < 4.78 is 1.22. The molecule has 4 aromatic carbocycles. The van der Waals surface area contributed by atoms with Gasteiger partial charge >= 0.3 is 0 Å². The molecule has 0 heterocycles. The molecular weight excluding hydrogens is 479 g/mol. The zero-order chi connectivity index (χ0) is 21.6. The van der Waals surface area contributed by atoms with Crippen molar-refractivity contribution in [2.45, 2.75) is 6.92 Å². The molecule has 4 rings (SSSR count). The van der Waals surface area contributed by atoms with E-state index in [9.17, 15) is 0 Å². The summed E-state index contributed by atoms with van der Waals surface area (Å²) >= 11 is 2.24. The molecule has 0 fully saturated rings. The van der Waals surface area contributed by atoms with Crippen molar-refractivity contribution in [1.82, 2.24) is 0 Å². The van der Waals surface area contributed by atoms with Crippen LogP contribution in [0, 0.1) is 22.3 Å². The van der Waals surface area contributed by atoms with Crippen LogP contribution in [0.25, 0.3) is 0 Å². The van der Waals surface area contributed by atoms with Crippen molar-refractivity contribution in [3.63, 3.8) is 0 Å². The van der Waals surface area contributed by atoms with Crippen LogP contribution < -0.4 is 11.5 Å². The fourth-order valence-electron chi connectivity index (χ4n) is 2.23. The van der Waals surface area contributed by atoms with Crippen molar-refractivity contribution in [2.24, 2.45) is 0 Å². The normalized spacial score (nSPS) is 9.00. The van der Waals surface area contributed by atoms with Gasteiger partial charge in [-0.15, -0.1) is 0 Å². The Labute approximate surface area is 193 Å². The standard InChI is InChI=1S/C14H11N.C7H8.C6H6IN/c15-14-10-8-13(9-11-14)7-6-12-4-2-1-3-5-12;1-7-5-3-2-4-6-7;7-5-1-3-6(8)4-2-5/h1-5,8-11H,15H2;2-6H,1H3;1-4H,8H2. The van der Waals surface area contributed by atoms with Crippen LogP contribution in [0.1, 0.15) is 16.7 Å². The van der Waals surface area contributed by atoms with E-state index >= 15 is 0 Å². The second-order valence-corrected chi connectivity index (χ2v) is 7.69. The summed E-state index contributed by atoms with van der Waals surface area (Å²) in [5, 5.41) is 0. The van der Waals surface area contributed by atoms with Crippen molar-refractivity contribution in [3.8, 4) is 11.8 Å². The van der Waals surface area contributed by atoms with Crippen molar-refractivity contribution in [1.29, 1.82) is 0 Å². The van der Waals surface area contributed by atoms with Gasteiger partial charge in [-0.3, -0.25) is 0 Å². The van der Waals surface area contributed by atoms with Gasteiger partial charge in [0, 0.05) is 26.1 Å². The zero-order valence-corrected chi connectivity index (χ0v) is 19.1. The van der Waals surface area contributed by atoms with E-state index in [-0.39, 0.29) is 0 Å². The van der Waals surface area contributed by atoms with Crippen LogP contribution >= 0.6 is 22.6 Å². The molecule has 2 nitrogen and oxygen atoms in total. The summed E-state index contributed by atoms with van der Waals surface area (Å²) in [5.41, 5.74) is 15.9. The van der Waals surface area contributed by atoms with Crippen LogP contribution in [0.3, 0.4) is 0 Å². The fourth-order valence-corrected chi connectivity index (χ4v) is 2.59. The lowest BCUT2D eigenvalue weighted by Crippen LogP contribution is -1.83. The largest absolute Gasteiger partial charge is 0.399 e. The topological polar surface area (TPSA) is 52.0 Å². The van der Waals surface area contributed by atoms with Crippen LogP contribution in [0.5, 0.6) is 0 Å². The minimum absolute atomic E-state index is 0.764. The van der Waals surface area contributed by atoms with Gasteiger partial charge in [0.25, 0.3) is 0 Å². The van der Waals surface area contributed by atoms with E-state index in [1.807, 2.05) is 97.1 Å². The molecule has 0 bridgehead atoms. The van der Waals surface area contributed by atoms with Gasteiger partial charge in [-0.1, -0.05) is 65.9 Å². The number of benzene rings is 4. The third-order valence-electron chi connectivity index (χ3n) is 3.85. The number of hydrogen-bond acceptors (Lipinski definition) is 2. The Kier molecular flexibility index (Phi) is 10.0. The number of nitrogens with two attached hydrogens (primary N) is 2. The van der Waals surface area contributed by atoms with Gasteiger partial charge < -0.3 is 11.5 Å². The molecule has 0 aliphatic rings. The maximum Gasteiger partial charge on any atom is 0.0314 e. The highest BCUT2D eigenvalue weighted by atomic mass is 127. The van der Waals surface area contributed by atoms with Gasteiger partial charge in [0.1, 0.15) is 0 Å². The lowest BCUT2D eigenvalue weighted by molar-refractivity contribution is 1.48. The first-order valence-corrected chi connectivity index (χ1v) is 10.6. The molecule has 0 saturated heterocycles. The summed E-state index contributed by atoms with van der Waals surface area (Å²) in [6.07, 6.45) is 0. The Balaban J connectivity index is 0.000000179. The molecule has 150 valence electrons. The van der Waals surface area contributed by atoms with E-state index in [1.165, 1.54) is 9.13 Å². The molecule has 0 unspecified atom stereocenters. The molecular formula is C27H25IN2. The number of anilines is 2. The van der Waals surface area contributed by atoms with Crippen LogP contribution in [0.4, 0.5) is 11.4 Å². The van der Waals surface area contributed by atoms with Crippen LogP contribution in [-0.2, 0) is 0 Å². The number of hydrogen-bond donors (Lipinski definition) is 2. The van der Waals surface area contributed by atoms with Crippen LogP contribution in [0.2, 0.25) is 0 Å². The first-order chi connectivity index (χ1) is 14.5. The molecule has 0 radical (unpaired) electrons. The average molecular weight is 504 g/mol. The second kappa shape index (κ2) is 13.1. The predicted molar refractivity (Wildman–Crippen MR) is 138 cm³/mol. The highest BCUT2D eigenvalue weighted by Gasteiger charge is 1.86. The van der Waals surface area contributed by atoms with E-state index < -0.39 is 0 Å². The molecule has 0 aromatic heterocycles. The lowest BCUT2D eigenvalue weighted by atomic mass is 10.2. The summed E-state index contributed by atoms with van der Waals surface area (Å²) in [7, 11) is 0. The lowest BCUT2D eigenvalue weighted by Gasteiger charge is -1.92. The number of rotatable bonds is 0. The molecule has 0 aliphatic heterocycles. The van der Waals surface area contributed by atoms with E-state index in [0.717, 1.165) is 22.5 Å². The zero-order valence-electron chi connectivity index (χ0n) is 16.9. The number of aryl methyl sites for hydroxylation is 1. The molecule has 3 heteroatoms. The first kappa shape index (κ1) is 23.1. The molecule has 30 heavy (non-hydrogen) atoms. The van der Waals surface area contributed by atoms with Gasteiger partial charge in [0.05, 0.1) is 0 Å². The number of nitrogen functional groups attached to an aromatic ring is 2. The maximum atomic E-state index is 5.59. The molecule has 0 amide bonds. The Morgan fingerprint density at radius 3 is 1.33 bits per heavy atom.